The van der Waals surface area contributed by atoms with E-state index in [1.807, 2.05) is 0 Å². The number of rotatable bonds is 5. The van der Waals surface area contributed by atoms with Crippen molar-refractivity contribution in [1.29, 1.82) is 0 Å². The summed E-state index contributed by atoms with van der Waals surface area (Å²) in [7, 11) is 0. The minimum Gasteiger partial charge on any atom is -0.391 e. The number of β-amino-alcohol motifs (C(OH)–C–C–N with tert-alkyl or cyclic N) is 1. The maximum atomic E-state index is 9.88. The lowest BCUT2D eigenvalue weighted by atomic mass is 10.0. The van der Waals surface area contributed by atoms with Crippen LogP contribution >= 0.6 is 0 Å². The molecule has 0 radical (unpaired) electrons. The Morgan fingerprint density at radius 2 is 2.20 bits per heavy atom. The van der Waals surface area contributed by atoms with Gasteiger partial charge in [0.15, 0.2) is 0 Å². The first kappa shape index (κ1) is 15.3. The highest BCUT2D eigenvalue weighted by Gasteiger charge is 2.19. The van der Waals surface area contributed by atoms with Crippen LogP contribution < -0.4 is 10.2 Å². The van der Waals surface area contributed by atoms with Crippen LogP contribution in [0.4, 0.5) is 5.69 Å². The van der Waals surface area contributed by atoms with E-state index in [4.69, 9.17) is 0 Å². The predicted molar refractivity (Wildman–Crippen MR) is 85.2 cm³/mol. The van der Waals surface area contributed by atoms with Gasteiger partial charge in [-0.3, -0.25) is 0 Å². The van der Waals surface area contributed by atoms with Gasteiger partial charge in [-0.25, -0.2) is 0 Å². The number of nitrogens with zero attached hydrogens (tertiary/aromatic N) is 1. The van der Waals surface area contributed by atoms with Gasteiger partial charge in [0.25, 0.3) is 0 Å². The van der Waals surface area contributed by atoms with E-state index in [-0.39, 0.29) is 6.10 Å². The molecule has 1 aromatic rings. The molecule has 3 heteroatoms. The van der Waals surface area contributed by atoms with Crippen molar-refractivity contribution in [2.45, 2.75) is 46.3 Å². The summed E-state index contributed by atoms with van der Waals surface area (Å²) in [6.07, 6.45) is 1.83. The van der Waals surface area contributed by atoms with Crippen molar-refractivity contribution < 1.29 is 5.11 Å². The molecule has 2 rings (SSSR count). The van der Waals surface area contributed by atoms with Crippen LogP contribution in [0, 0.1) is 12.8 Å². The summed E-state index contributed by atoms with van der Waals surface area (Å²) in [5.41, 5.74) is 3.93. The van der Waals surface area contributed by atoms with E-state index in [0.717, 1.165) is 39.0 Å². The molecule has 1 fully saturated rings. The first-order valence-electron chi connectivity index (χ1n) is 7.79. The first-order valence-corrected chi connectivity index (χ1v) is 7.79. The van der Waals surface area contributed by atoms with Crippen molar-refractivity contribution in [2.24, 2.45) is 5.92 Å². The summed E-state index contributed by atoms with van der Waals surface area (Å²) >= 11 is 0. The largest absolute Gasteiger partial charge is 0.391 e. The highest BCUT2D eigenvalue weighted by molar-refractivity contribution is 5.55. The Balaban J connectivity index is 2.10. The molecule has 1 unspecified atom stereocenters. The standard InChI is InChI=1S/C17H28N2O/c1-13(2)10-18-11-15-9-14(3)6-7-17(15)19-8-4-5-16(20)12-19/h6-7,9,13,16,18,20H,4-5,8,10-12H2,1-3H3. The minimum atomic E-state index is -0.179. The molecule has 3 nitrogen and oxygen atoms in total. The summed E-state index contributed by atoms with van der Waals surface area (Å²) in [6.45, 7) is 10.4. The van der Waals surface area contributed by atoms with Gasteiger partial charge in [-0.05, 0) is 43.9 Å². The third kappa shape index (κ3) is 4.22. The van der Waals surface area contributed by atoms with Gasteiger partial charge in [-0.2, -0.15) is 0 Å². The SMILES string of the molecule is Cc1ccc(N2CCCC(O)C2)c(CNCC(C)C)c1. The van der Waals surface area contributed by atoms with E-state index in [0.29, 0.717) is 5.92 Å². The summed E-state index contributed by atoms with van der Waals surface area (Å²) in [6, 6.07) is 6.64. The maximum Gasteiger partial charge on any atom is 0.0715 e. The van der Waals surface area contributed by atoms with Gasteiger partial charge in [-0.15, -0.1) is 0 Å². The van der Waals surface area contributed by atoms with Crippen molar-refractivity contribution in [2.75, 3.05) is 24.5 Å². The number of benzene rings is 1. The molecule has 0 spiro atoms. The number of nitrogens with one attached hydrogen (secondary N) is 1. The van der Waals surface area contributed by atoms with E-state index in [1.54, 1.807) is 0 Å². The fraction of sp³-hybridized carbons (Fsp3) is 0.647. The molecule has 0 aliphatic carbocycles. The third-order valence-electron chi connectivity index (χ3n) is 3.84. The molecule has 20 heavy (non-hydrogen) atoms. The first-order chi connectivity index (χ1) is 9.56. The Hall–Kier alpha value is -1.06. The van der Waals surface area contributed by atoms with Crippen LogP contribution in [-0.4, -0.2) is 30.8 Å². The number of piperidine rings is 1. The number of anilines is 1. The summed E-state index contributed by atoms with van der Waals surface area (Å²) in [5.74, 6) is 0.667. The fourth-order valence-electron chi connectivity index (χ4n) is 2.83. The zero-order valence-electron chi connectivity index (χ0n) is 13.0. The van der Waals surface area contributed by atoms with Crippen LogP contribution in [0.15, 0.2) is 18.2 Å². The second-order valence-electron chi connectivity index (χ2n) is 6.40. The Kier molecular flexibility index (Phi) is 5.44. The van der Waals surface area contributed by atoms with Gasteiger partial charge >= 0.3 is 0 Å². The van der Waals surface area contributed by atoms with E-state index in [2.05, 4.69) is 49.2 Å². The van der Waals surface area contributed by atoms with Crippen LogP contribution in [0.2, 0.25) is 0 Å². The van der Waals surface area contributed by atoms with Gasteiger partial charge in [0.1, 0.15) is 0 Å². The van der Waals surface area contributed by atoms with Crippen molar-refractivity contribution >= 4 is 5.69 Å². The molecule has 1 aromatic carbocycles. The van der Waals surface area contributed by atoms with Crippen molar-refractivity contribution in [3.05, 3.63) is 29.3 Å². The Morgan fingerprint density at radius 3 is 2.90 bits per heavy atom. The molecule has 1 atom stereocenters. The highest BCUT2D eigenvalue weighted by Crippen LogP contribution is 2.25. The third-order valence-corrected chi connectivity index (χ3v) is 3.84. The van der Waals surface area contributed by atoms with Gasteiger partial charge in [-0.1, -0.05) is 31.5 Å². The molecule has 1 aliphatic rings. The fourth-order valence-corrected chi connectivity index (χ4v) is 2.83. The van der Waals surface area contributed by atoms with Gasteiger partial charge in [0, 0.05) is 25.3 Å². The van der Waals surface area contributed by atoms with Crippen LogP contribution in [0.5, 0.6) is 0 Å². The Morgan fingerprint density at radius 1 is 1.40 bits per heavy atom. The average molecular weight is 276 g/mol. The quantitative estimate of drug-likeness (QED) is 0.868. The number of aryl methyl sites for hydroxylation is 1. The Bertz CT molecular complexity index is 431. The van der Waals surface area contributed by atoms with Gasteiger partial charge < -0.3 is 15.3 Å². The lowest BCUT2D eigenvalue weighted by Gasteiger charge is -2.33. The molecule has 112 valence electrons. The molecular formula is C17H28N2O. The molecule has 1 saturated heterocycles. The minimum absolute atomic E-state index is 0.179. The molecule has 0 bridgehead atoms. The molecule has 0 amide bonds. The highest BCUT2D eigenvalue weighted by atomic mass is 16.3. The zero-order valence-corrected chi connectivity index (χ0v) is 13.0. The topological polar surface area (TPSA) is 35.5 Å². The number of aliphatic hydroxyl groups excluding tert-OH is 1. The van der Waals surface area contributed by atoms with Gasteiger partial charge in [0.2, 0.25) is 0 Å². The predicted octanol–water partition coefficient (Wildman–Crippen LogP) is 2.70. The zero-order chi connectivity index (χ0) is 14.5. The van der Waals surface area contributed by atoms with Crippen molar-refractivity contribution in [1.82, 2.24) is 5.32 Å². The van der Waals surface area contributed by atoms with Crippen LogP contribution in [-0.2, 0) is 6.54 Å². The smallest absolute Gasteiger partial charge is 0.0715 e. The summed E-state index contributed by atoms with van der Waals surface area (Å²) < 4.78 is 0. The molecule has 0 aromatic heterocycles. The number of hydrogen-bond acceptors (Lipinski definition) is 3. The summed E-state index contributed by atoms with van der Waals surface area (Å²) in [4.78, 5) is 2.33. The molecule has 1 aliphatic heterocycles. The molecule has 2 N–H and O–H groups in total. The van der Waals surface area contributed by atoms with E-state index in [1.165, 1.54) is 16.8 Å². The van der Waals surface area contributed by atoms with Gasteiger partial charge in [0.05, 0.1) is 6.10 Å². The van der Waals surface area contributed by atoms with Crippen LogP contribution in [0.3, 0.4) is 0 Å². The van der Waals surface area contributed by atoms with E-state index >= 15 is 0 Å². The lowest BCUT2D eigenvalue weighted by molar-refractivity contribution is 0.154. The normalized spacial score (nSPS) is 19.6. The molecule has 0 saturated carbocycles. The Labute approximate surface area is 123 Å². The lowest BCUT2D eigenvalue weighted by Crippen LogP contribution is -2.39. The average Bonchev–Trinajstić information content (AvgIpc) is 2.38. The monoisotopic (exact) mass is 276 g/mol. The van der Waals surface area contributed by atoms with Crippen LogP contribution in [0.25, 0.3) is 0 Å². The second-order valence-corrected chi connectivity index (χ2v) is 6.40. The second kappa shape index (κ2) is 7.09. The summed E-state index contributed by atoms with van der Waals surface area (Å²) in [5, 5.41) is 13.4. The number of hydrogen-bond donors (Lipinski definition) is 2. The maximum absolute atomic E-state index is 9.88. The van der Waals surface area contributed by atoms with E-state index < -0.39 is 0 Å². The van der Waals surface area contributed by atoms with Crippen molar-refractivity contribution in [3.63, 3.8) is 0 Å². The van der Waals surface area contributed by atoms with E-state index in [9.17, 15) is 5.11 Å². The number of aliphatic hydroxyl groups is 1. The molecular weight excluding hydrogens is 248 g/mol. The van der Waals surface area contributed by atoms with Crippen molar-refractivity contribution in [3.8, 4) is 0 Å². The molecule has 1 heterocycles. The van der Waals surface area contributed by atoms with Crippen LogP contribution in [0.1, 0.15) is 37.8 Å².